The van der Waals surface area contributed by atoms with Crippen LogP contribution in [-0.2, 0) is 4.74 Å². The molecule has 0 amide bonds. The maximum atomic E-state index is 12.7. The van der Waals surface area contributed by atoms with Crippen molar-refractivity contribution < 1.29 is 9.13 Å². The fraction of sp³-hybridized carbons (Fsp3) is 0.125. The van der Waals surface area contributed by atoms with Crippen LogP contribution in [-0.4, -0.2) is 13.0 Å². The van der Waals surface area contributed by atoms with Crippen molar-refractivity contribution in [2.75, 3.05) is 7.11 Å². The fourth-order valence-electron chi connectivity index (χ4n) is 0.755. The first-order valence-corrected chi connectivity index (χ1v) is 4.02. The van der Waals surface area contributed by atoms with Crippen LogP contribution in [0.4, 0.5) is 4.39 Å². The third-order valence-corrected chi connectivity index (χ3v) is 1.99. The molecule has 0 bridgehead atoms. The van der Waals surface area contributed by atoms with Crippen LogP contribution in [0.5, 0.6) is 0 Å². The monoisotopic (exact) mass is 231 g/mol. The van der Waals surface area contributed by atoms with Gasteiger partial charge in [0.15, 0.2) is 0 Å². The smallest absolute Gasteiger partial charge is 0.212 e. The summed E-state index contributed by atoms with van der Waals surface area (Å²) in [5, 5.41) is 7.28. The standard InChI is InChI=1S/C8H7BrFNO/c1-12-8(11)5-2-3-7(10)6(9)4-5/h2-4,11H,1H3. The Hall–Kier alpha value is -0.900. The van der Waals surface area contributed by atoms with Crippen LogP contribution in [0.3, 0.4) is 0 Å². The number of benzene rings is 1. The summed E-state index contributed by atoms with van der Waals surface area (Å²) >= 11 is 3.02. The molecule has 0 aliphatic carbocycles. The largest absolute Gasteiger partial charge is 0.481 e. The van der Waals surface area contributed by atoms with Gasteiger partial charge in [-0.15, -0.1) is 0 Å². The molecule has 1 rings (SSSR count). The van der Waals surface area contributed by atoms with Gasteiger partial charge in [-0.05, 0) is 34.1 Å². The van der Waals surface area contributed by atoms with Gasteiger partial charge in [-0.3, -0.25) is 5.41 Å². The average molecular weight is 232 g/mol. The average Bonchev–Trinajstić information content (AvgIpc) is 2.08. The molecule has 0 spiro atoms. The minimum Gasteiger partial charge on any atom is -0.481 e. The lowest BCUT2D eigenvalue weighted by Gasteiger charge is -2.02. The molecule has 0 aliphatic heterocycles. The lowest BCUT2D eigenvalue weighted by molar-refractivity contribution is 0.401. The van der Waals surface area contributed by atoms with Gasteiger partial charge in [0, 0.05) is 5.56 Å². The van der Waals surface area contributed by atoms with Crippen molar-refractivity contribution in [2.24, 2.45) is 0 Å². The fourth-order valence-corrected chi connectivity index (χ4v) is 1.13. The topological polar surface area (TPSA) is 33.1 Å². The number of rotatable bonds is 1. The van der Waals surface area contributed by atoms with E-state index >= 15 is 0 Å². The number of nitrogens with one attached hydrogen (secondary N) is 1. The summed E-state index contributed by atoms with van der Waals surface area (Å²) in [5.74, 6) is -0.321. The quantitative estimate of drug-likeness (QED) is 0.585. The Labute approximate surface area is 78.0 Å². The van der Waals surface area contributed by atoms with Gasteiger partial charge in [-0.1, -0.05) is 0 Å². The second-order valence-electron chi connectivity index (χ2n) is 2.16. The first-order valence-electron chi connectivity index (χ1n) is 3.23. The summed E-state index contributed by atoms with van der Waals surface area (Å²) in [7, 11) is 1.40. The van der Waals surface area contributed by atoms with Crippen molar-refractivity contribution in [3.63, 3.8) is 0 Å². The van der Waals surface area contributed by atoms with Crippen LogP contribution in [0.25, 0.3) is 0 Å². The molecule has 1 aromatic carbocycles. The Morgan fingerprint density at radius 3 is 2.75 bits per heavy atom. The highest BCUT2D eigenvalue weighted by atomic mass is 79.9. The van der Waals surface area contributed by atoms with Crippen LogP contribution in [0, 0.1) is 11.2 Å². The number of hydrogen-bond acceptors (Lipinski definition) is 2. The zero-order valence-electron chi connectivity index (χ0n) is 6.40. The van der Waals surface area contributed by atoms with Crippen LogP contribution in [0.2, 0.25) is 0 Å². The number of methoxy groups -OCH3 is 1. The molecule has 0 saturated carbocycles. The van der Waals surface area contributed by atoms with Crippen LogP contribution < -0.4 is 0 Å². The number of halogens is 2. The summed E-state index contributed by atoms with van der Waals surface area (Å²) in [5.41, 5.74) is 0.547. The van der Waals surface area contributed by atoms with Gasteiger partial charge in [-0.25, -0.2) is 4.39 Å². The van der Waals surface area contributed by atoms with Crippen molar-refractivity contribution >= 4 is 21.8 Å². The van der Waals surface area contributed by atoms with E-state index < -0.39 is 0 Å². The Morgan fingerprint density at radius 1 is 1.58 bits per heavy atom. The normalized spacial score (nSPS) is 9.58. The Kier molecular flexibility index (Phi) is 2.81. The van der Waals surface area contributed by atoms with E-state index in [1.54, 1.807) is 0 Å². The van der Waals surface area contributed by atoms with E-state index in [0.717, 1.165) is 0 Å². The molecule has 0 fully saturated rings. The lowest BCUT2D eigenvalue weighted by Crippen LogP contribution is -2.01. The van der Waals surface area contributed by atoms with Crippen molar-refractivity contribution in [3.05, 3.63) is 34.1 Å². The molecule has 0 radical (unpaired) electrons. The van der Waals surface area contributed by atoms with Gasteiger partial charge in [-0.2, -0.15) is 0 Å². The van der Waals surface area contributed by atoms with Gasteiger partial charge in [0.1, 0.15) is 5.82 Å². The van der Waals surface area contributed by atoms with Crippen LogP contribution in [0.15, 0.2) is 22.7 Å². The lowest BCUT2D eigenvalue weighted by atomic mass is 10.2. The summed E-state index contributed by atoms with van der Waals surface area (Å²) < 4.78 is 17.7. The van der Waals surface area contributed by atoms with Crippen molar-refractivity contribution in [2.45, 2.75) is 0 Å². The van der Waals surface area contributed by atoms with Gasteiger partial charge in [0.25, 0.3) is 0 Å². The molecule has 1 aromatic rings. The Bertz CT molecular complexity index is 314. The zero-order chi connectivity index (χ0) is 9.14. The van der Waals surface area contributed by atoms with Crippen LogP contribution in [0.1, 0.15) is 5.56 Å². The van der Waals surface area contributed by atoms with E-state index in [-0.39, 0.29) is 11.7 Å². The zero-order valence-corrected chi connectivity index (χ0v) is 7.98. The third-order valence-electron chi connectivity index (χ3n) is 1.39. The van der Waals surface area contributed by atoms with E-state index in [9.17, 15) is 4.39 Å². The molecule has 64 valence electrons. The highest BCUT2D eigenvalue weighted by Gasteiger charge is 2.04. The first kappa shape index (κ1) is 9.19. The van der Waals surface area contributed by atoms with Gasteiger partial charge in [0.05, 0.1) is 11.6 Å². The summed E-state index contributed by atoms with van der Waals surface area (Å²) in [6.45, 7) is 0. The molecule has 12 heavy (non-hydrogen) atoms. The number of ether oxygens (including phenoxy) is 1. The molecular weight excluding hydrogens is 225 g/mol. The minimum absolute atomic E-state index is 0.0238. The van der Waals surface area contributed by atoms with Gasteiger partial charge >= 0.3 is 0 Å². The molecule has 2 nitrogen and oxygen atoms in total. The SMILES string of the molecule is COC(=N)c1ccc(F)c(Br)c1. The van der Waals surface area contributed by atoms with Crippen molar-refractivity contribution in [1.29, 1.82) is 5.41 Å². The van der Waals surface area contributed by atoms with Crippen molar-refractivity contribution in [3.8, 4) is 0 Å². The highest BCUT2D eigenvalue weighted by Crippen LogP contribution is 2.16. The molecule has 0 aromatic heterocycles. The summed E-state index contributed by atoms with van der Waals surface area (Å²) in [4.78, 5) is 0. The Morgan fingerprint density at radius 2 is 2.25 bits per heavy atom. The third kappa shape index (κ3) is 1.82. The van der Waals surface area contributed by atoms with Gasteiger partial charge < -0.3 is 4.74 Å². The van der Waals surface area contributed by atoms with Gasteiger partial charge in [0.2, 0.25) is 5.90 Å². The maximum absolute atomic E-state index is 12.7. The van der Waals surface area contributed by atoms with E-state index in [2.05, 4.69) is 20.7 Å². The second kappa shape index (κ2) is 3.67. The molecule has 0 heterocycles. The Balaban J connectivity index is 3.05. The molecule has 0 unspecified atom stereocenters. The second-order valence-corrected chi connectivity index (χ2v) is 3.02. The van der Waals surface area contributed by atoms with E-state index in [0.29, 0.717) is 10.0 Å². The predicted molar refractivity (Wildman–Crippen MR) is 47.9 cm³/mol. The molecular formula is C8H7BrFNO. The van der Waals surface area contributed by atoms with E-state index in [1.807, 2.05) is 0 Å². The van der Waals surface area contributed by atoms with Crippen LogP contribution >= 0.6 is 15.9 Å². The molecule has 1 N–H and O–H groups in total. The minimum atomic E-state index is -0.345. The predicted octanol–water partition coefficient (Wildman–Crippen LogP) is 2.56. The molecule has 0 saturated heterocycles. The number of hydrogen-bond donors (Lipinski definition) is 1. The van der Waals surface area contributed by atoms with Crippen molar-refractivity contribution in [1.82, 2.24) is 0 Å². The maximum Gasteiger partial charge on any atom is 0.212 e. The summed E-state index contributed by atoms with van der Waals surface area (Å²) in [6.07, 6.45) is 0. The summed E-state index contributed by atoms with van der Waals surface area (Å²) in [6, 6.07) is 4.28. The van der Waals surface area contributed by atoms with E-state index in [4.69, 9.17) is 5.41 Å². The molecule has 0 atom stereocenters. The highest BCUT2D eigenvalue weighted by molar-refractivity contribution is 9.10. The van der Waals surface area contributed by atoms with E-state index in [1.165, 1.54) is 25.3 Å². The molecule has 4 heteroatoms. The first-order chi connectivity index (χ1) is 5.65. The molecule has 0 aliphatic rings.